The highest BCUT2D eigenvalue weighted by atomic mass is 19.1. The van der Waals surface area contributed by atoms with Crippen molar-refractivity contribution >= 4 is 5.91 Å². The zero-order chi connectivity index (χ0) is 21.1. The molecule has 1 N–H and O–H groups in total. The highest BCUT2D eigenvalue weighted by molar-refractivity contribution is 5.92. The summed E-state index contributed by atoms with van der Waals surface area (Å²) < 4.78 is 21.8. The first-order valence-corrected chi connectivity index (χ1v) is 10.2. The van der Waals surface area contributed by atoms with Crippen LogP contribution in [0.3, 0.4) is 0 Å². The van der Waals surface area contributed by atoms with Crippen LogP contribution in [-0.2, 0) is 20.0 Å². The van der Waals surface area contributed by atoms with E-state index in [1.54, 1.807) is 36.0 Å². The van der Waals surface area contributed by atoms with Crippen molar-refractivity contribution in [2.75, 3.05) is 6.61 Å². The molecule has 0 fully saturated rings. The summed E-state index contributed by atoms with van der Waals surface area (Å²) in [7, 11) is 1.72. The van der Waals surface area contributed by atoms with Crippen molar-refractivity contribution in [1.29, 1.82) is 0 Å². The summed E-state index contributed by atoms with van der Waals surface area (Å²) in [5.74, 6) is 5.46. The monoisotopic (exact) mass is 399 g/mol. The largest absolute Gasteiger partial charge is 0.491 e. The number of hydrogen-bond acceptors (Lipinski definition) is 3. The van der Waals surface area contributed by atoms with E-state index in [2.05, 4.69) is 22.3 Å². The number of unbranched alkanes of at least 4 members (excludes halogenated alkanes) is 4. The van der Waals surface area contributed by atoms with Crippen LogP contribution in [0.1, 0.15) is 67.7 Å². The number of ether oxygens (including phenoxy) is 1. The molecule has 0 radical (unpaired) electrons. The fourth-order valence-electron chi connectivity index (χ4n) is 2.96. The van der Waals surface area contributed by atoms with Crippen LogP contribution >= 0.6 is 0 Å². The van der Waals surface area contributed by atoms with Crippen LogP contribution in [-0.4, -0.2) is 22.3 Å². The van der Waals surface area contributed by atoms with Crippen molar-refractivity contribution in [2.24, 2.45) is 7.05 Å². The minimum Gasteiger partial charge on any atom is -0.491 e. The Bertz CT molecular complexity index is 865. The Morgan fingerprint density at radius 3 is 2.79 bits per heavy atom. The van der Waals surface area contributed by atoms with Crippen LogP contribution in [0.15, 0.2) is 24.3 Å². The Morgan fingerprint density at radius 1 is 1.28 bits per heavy atom. The maximum atomic E-state index is 14.7. The number of benzene rings is 1. The Morgan fingerprint density at radius 2 is 2.07 bits per heavy atom. The molecule has 2 aromatic rings. The predicted octanol–water partition coefficient (Wildman–Crippen LogP) is 4.40. The van der Waals surface area contributed by atoms with Gasteiger partial charge in [0.15, 0.2) is 11.6 Å². The lowest BCUT2D eigenvalue weighted by Gasteiger charge is -2.11. The van der Waals surface area contributed by atoms with Gasteiger partial charge in [0.25, 0.3) is 5.91 Å². The highest BCUT2D eigenvalue weighted by Gasteiger charge is 2.14. The van der Waals surface area contributed by atoms with E-state index in [0.29, 0.717) is 17.9 Å². The zero-order valence-corrected chi connectivity index (χ0v) is 17.6. The molecule has 6 heteroatoms. The van der Waals surface area contributed by atoms with Gasteiger partial charge in [0.2, 0.25) is 0 Å². The van der Waals surface area contributed by atoms with Gasteiger partial charge in [0, 0.05) is 25.6 Å². The lowest BCUT2D eigenvalue weighted by molar-refractivity contribution is 0.0941. The van der Waals surface area contributed by atoms with E-state index in [9.17, 15) is 9.18 Å². The number of nitrogens with zero attached hydrogens (tertiary/aromatic N) is 2. The van der Waals surface area contributed by atoms with Crippen LogP contribution in [0.4, 0.5) is 4.39 Å². The standard InChI is InChI=1S/C23H30FN3O2/c1-4-6-7-8-9-10-11-15-29-21-14-12-13-18(22(21)24)17-25-23(28)20-16-19(5-2)26-27(20)3/h12-14,16H,5,7-11,15,17H2,1-3H3,(H,25,28). The molecule has 1 aromatic carbocycles. The van der Waals surface area contributed by atoms with Crippen LogP contribution in [0.25, 0.3) is 0 Å². The average molecular weight is 400 g/mol. The molecular weight excluding hydrogens is 369 g/mol. The molecule has 0 aliphatic rings. The normalized spacial score (nSPS) is 10.3. The van der Waals surface area contributed by atoms with Crippen LogP contribution in [0.5, 0.6) is 5.75 Å². The summed E-state index contributed by atoms with van der Waals surface area (Å²) >= 11 is 0. The van der Waals surface area contributed by atoms with E-state index in [1.807, 2.05) is 13.8 Å². The molecule has 0 saturated carbocycles. The van der Waals surface area contributed by atoms with Crippen molar-refractivity contribution < 1.29 is 13.9 Å². The number of carbonyl (C=O) groups is 1. The number of hydrogen-bond donors (Lipinski definition) is 1. The lowest BCUT2D eigenvalue weighted by Crippen LogP contribution is -2.25. The van der Waals surface area contributed by atoms with Gasteiger partial charge in [-0.15, -0.1) is 11.8 Å². The number of nitrogens with one attached hydrogen (secondary N) is 1. The van der Waals surface area contributed by atoms with Gasteiger partial charge >= 0.3 is 0 Å². The minimum absolute atomic E-state index is 0.0902. The van der Waals surface area contributed by atoms with Gasteiger partial charge in [-0.25, -0.2) is 4.39 Å². The van der Waals surface area contributed by atoms with Crippen molar-refractivity contribution in [2.45, 2.75) is 58.9 Å². The fraction of sp³-hybridized carbons (Fsp3) is 0.478. The summed E-state index contributed by atoms with van der Waals surface area (Å²) in [6.45, 7) is 4.39. The average Bonchev–Trinajstić information content (AvgIpc) is 3.11. The number of rotatable bonds is 11. The lowest BCUT2D eigenvalue weighted by atomic mass is 10.1. The Balaban J connectivity index is 1.82. The van der Waals surface area contributed by atoms with Crippen molar-refractivity contribution in [3.8, 4) is 17.6 Å². The molecule has 1 amide bonds. The topological polar surface area (TPSA) is 56.1 Å². The van der Waals surface area contributed by atoms with Crippen LogP contribution < -0.4 is 10.1 Å². The predicted molar refractivity (Wildman–Crippen MR) is 112 cm³/mol. The number of aryl methyl sites for hydroxylation is 2. The molecule has 0 spiro atoms. The first kappa shape index (κ1) is 22.5. The molecule has 5 nitrogen and oxygen atoms in total. The molecule has 29 heavy (non-hydrogen) atoms. The first-order chi connectivity index (χ1) is 14.1. The molecule has 1 heterocycles. The van der Waals surface area contributed by atoms with Crippen LogP contribution in [0.2, 0.25) is 0 Å². The second kappa shape index (κ2) is 11.9. The molecule has 2 rings (SSSR count). The van der Waals surface area contributed by atoms with E-state index in [4.69, 9.17) is 4.74 Å². The van der Waals surface area contributed by atoms with Gasteiger partial charge in [0.1, 0.15) is 5.69 Å². The Labute approximate surface area is 172 Å². The van der Waals surface area contributed by atoms with Crippen LogP contribution in [0, 0.1) is 17.7 Å². The quantitative estimate of drug-likeness (QED) is 0.450. The molecule has 0 saturated heterocycles. The second-order valence-corrected chi connectivity index (χ2v) is 6.85. The molecule has 1 aromatic heterocycles. The number of amides is 1. The Hall–Kier alpha value is -2.81. The zero-order valence-electron chi connectivity index (χ0n) is 17.6. The minimum atomic E-state index is -0.426. The smallest absolute Gasteiger partial charge is 0.269 e. The summed E-state index contributed by atoms with van der Waals surface area (Å²) in [5, 5.41) is 7.02. The number of aromatic nitrogens is 2. The molecule has 0 aliphatic heterocycles. The van der Waals surface area contributed by atoms with E-state index in [1.165, 1.54) is 0 Å². The van der Waals surface area contributed by atoms with Gasteiger partial charge in [0.05, 0.1) is 12.3 Å². The van der Waals surface area contributed by atoms with Gasteiger partial charge in [-0.05, 0) is 38.3 Å². The summed E-state index contributed by atoms with van der Waals surface area (Å²) in [5.41, 5.74) is 1.70. The van der Waals surface area contributed by atoms with Crippen molar-refractivity contribution in [3.05, 3.63) is 47.0 Å². The van der Waals surface area contributed by atoms with E-state index < -0.39 is 5.82 Å². The van der Waals surface area contributed by atoms with E-state index >= 15 is 0 Å². The number of halogens is 1. The highest BCUT2D eigenvalue weighted by Crippen LogP contribution is 2.21. The SMILES string of the molecule is CC#CCCCCCCOc1cccc(CNC(=O)c2cc(CC)nn2C)c1F. The third kappa shape index (κ3) is 6.94. The van der Waals surface area contributed by atoms with Gasteiger partial charge < -0.3 is 10.1 Å². The molecular formula is C23H30FN3O2. The van der Waals surface area contributed by atoms with Crippen molar-refractivity contribution in [1.82, 2.24) is 15.1 Å². The third-order valence-electron chi connectivity index (χ3n) is 4.64. The van der Waals surface area contributed by atoms with Crippen molar-refractivity contribution in [3.63, 3.8) is 0 Å². The van der Waals surface area contributed by atoms with E-state index in [0.717, 1.165) is 44.2 Å². The molecule has 0 bridgehead atoms. The van der Waals surface area contributed by atoms with E-state index in [-0.39, 0.29) is 18.2 Å². The number of carbonyl (C=O) groups excluding carboxylic acids is 1. The third-order valence-corrected chi connectivity index (χ3v) is 4.64. The first-order valence-electron chi connectivity index (χ1n) is 10.2. The van der Waals surface area contributed by atoms with Gasteiger partial charge in [-0.2, -0.15) is 5.10 Å². The fourth-order valence-corrected chi connectivity index (χ4v) is 2.96. The summed E-state index contributed by atoms with van der Waals surface area (Å²) in [4.78, 5) is 12.4. The Kier molecular flexibility index (Phi) is 9.23. The summed E-state index contributed by atoms with van der Waals surface area (Å²) in [6, 6.07) is 6.76. The second-order valence-electron chi connectivity index (χ2n) is 6.85. The van der Waals surface area contributed by atoms with Gasteiger partial charge in [-0.3, -0.25) is 9.48 Å². The molecule has 156 valence electrons. The molecule has 0 unspecified atom stereocenters. The molecule has 0 atom stereocenters. The van der Waals surface area contributed by atoms with Gasteiger partial charge in [-0.1, -0.05) is 31.9 Å². The molecule has 0 aliphatic carbocycles. The summed E-state index contributed by atoms with van der Waals surface area (Å²) in [6.07, 6.45) is 5.77. The maximum Gasteiger partial charge on any atom is 0.269 e. The maximum absolute atomic E-state index is 14.7.